The third kappa shape index (κ3) is 4.94. The Balaban J connectivity index is 1.61. The van der Waals surface area contributed by atoms with Gasteiger partial charge in [0.1, 0.15) is 5.60 Å². The number of carbonyl (C=O) groups is 1. The van der Waals surface area contributed by atoms with Gasteiger partial charge in [0.05, 0.1) is 23.3 Å². The molecule has 10 heteroatoms. The Kier molecular flexibility index (Phi) is 6.43. The van der Waals surface area contributed by atoms with E-state index in [1.165, 1.54) is 12.1 Å². The molecule has 0 saturated carbocycles. The third-order valence-electron chi connectivity index (χ3n) is 5.32. The highest BCUT2D eigenvalue weighted by Crippen LogP contribution is 2.34. The average molecular weight is 452 g/mol. The van der Waals surface area contributed by atoms with Gasteiger partial charge < -0.3 is 14.5 Å². The first-order valence-electron chi connectivity index (χ1n) is 9.87. The van der Waals surface area contributed by atoms with Gasteiger partial charge in [0.2, 0.25) is 0 Å². The molecule has 0 N–H and O–H groups in total. The summed E-state index contributed by atoms with van der Waals surface area (Å²) in [5, 5.41) is -0.300. The van der Waals surface area contributed by atoms with Crippen LogP contribution >= 0.6 is 11.6 Å². The Morgan fingerprint density at radius 2 is 1.73 bits per heavy atom. The Morgan fingerprint density at radius 1 is 1.10 bits per heavy atom. The summed E-state index contributed by atoms with van der Waals surface area (Å²) in [6.45, 7) is 5.63. The maximum atomic E-state index is 14.8. The summed E-state index contributed by atoms with van der Waals surface area (Å²) in [5.74, 6) is -5.25. The highest BCUT2D eigenvalue weighted by molar-refractivity contribution is 6.30. The number of carbonyl (C=O) groups excluding carboxylic acids is 1. The van der Waals surface area contributed by atoms with E-state index in [-0.39, 0.29) is 49.9 Å². The highest BCUT2D eigenvalue weighted by atomic mass is 35.5. The van der Waals surface area contributed by atoms with Crippen molar-refractivity contribution in [3.8, 4) is 0 Å². The number of rotatable bonds is 2. The van der Waals surface area contributed by atoms with E-state index in [1.807, 2.05) is 0 Å². The van der Waals surface area contributed by atoms with Crippen molar-refractivity contribution in [1.82, 2.24) is 9.80 Å². The number of ether oxygens (including phenoxy) is 1. The molecule has 1 aromatic rings. The van der Waals surface area contributed by atoms with Crippen LogP contribution in [0.4, 0.5) is 28.0 Å². The fraction of sp³-hybridized carbons (Fsp3) is 0.650. The molecule has 1 unspecified atom stereocenters. The lowest BCUT2D eigenvalue weighted by Gasteiger charge is -2.46. The number of benzene rings is 1. The van der Waals surface area contributed by atoms with Crippen LogP contribution in [0.2, 0.25) is 5.02 Å². The molecule has 5 nitrogen and oxygen atoms in total. The number of amides is 1. The summed E-state index contributed by atoms with van der Waals surface area (Å²) in [4.78, 5) is 16.5. The molecule has 0 bridgehead atoms. The molecule has 2 heterocycles. The number of piperidine rings is 1. The standard InChI is InChI=1S/C20H26ClF4N3O2/c1-19(2,3)30-18(29)28-7-6-15(20(24,25)12-28)27-10-8-26(9-11-27)14-5-4-13(21)16(22)17(14)23/h4-5,15H,6-12H2,1-3H3. The lowest BCUT2D eigenvalue weighted by molar-refractivity contribution is -0.126. The second-order valence-electron chi connectivity index (χ2n) is 8.68. The van der Waals surface area contributed by atoms with E-state index in [2.05, 4.69) is 0 Å². The van der Waals surface area contributed by atoms with E-state index in [9.17, 15) is 22.4 Å². The van der Waals surface area contributed by atoms with Crippen LogP contribution in [0, 0.1) is 11.6 Å². The molecule has 0 aliphatic carbocycles. The third-order valence-corrected chi connectivity index (χ3v) is 5.62. The van der Waals surface area contributed by atoms with Gasteiger partial charge in [-0.25, -0.2) is 22.4 Å². The topological polar surface area (TPSA) is 36.0 Å². The van der Waals surface area contributed by atoms with Crippen LogP contribution in [0.1, 0.15) is 27.2 Å². The number of hydrogen-bond acceptors (Lipinski definition) is 4. The Hall–Kier alpha value is -1.74. The predicted octanol–water partition coefficient (Wildman–Crippen LogP) is 4.38. The molecule has 2 aliphatic rings. The second-order valence-corrected chi connectivity index (χ2v) is 9.09. The maximum absolute atomic E-state index is 14.8. The van der Waals surface area contributed by atoms with Gasteiger partial charge in [0, 0.05) is 32.7 Å². The number of likely N-dealkylation sites (tertiary alicyclic amines) is 1. The fourth-order valence-corrected chi connectivity index (χ4v) is 4.04. The van der Waals surface area contributed by atoms with Gasteiger partial charge in [-0.3, -0.25) is 4.90 Å². The van der Waals surface area contributed by atoms with Crippen LogP contribution in [0.25, 0.3) is 0 Å². The van der Waals surface area contributed by atoms with Gasteiger partial charge in [0.25, 0.3) is 5.92 Å². The molecule has 2 fully saturated rings. The lowest BCUT2D eigenvalue weighted by Crippen LogP contribution is -2.62. The highest BCUT2D eigenvalue weighted by Gasteiger charge is 2.49. The Morgan fingerprint density at radius 3 is 2.30 bits per heavy atom. The molecular formula is C20H26ClF4N3O2. The smallest absolute Gasteiger partial charge is 0.410 e. The normalized spacial score (nSPS) is 22.9. The molecule has 3 rings (SSSR count). The first-order chi connectivity index (χ1) is 13.9. The maximum Gasteiger partial charge on any atom is 0.410 e. The second kappa shape index (κ2) is 8.42. The molecule has 0 aromatic heterocycles. The summed E-state index contributed by atoms with van der Waals surface area (Å²) in [6.07, 6.45) is -0.637. The summed E-state index contributed by atoms with van der Waals surface area (Å²) in [6, 6.07) is 1.65. The van der Waals surface area contributed by atoms with Gasteiger partial charge >= 0.3 is 6.09 Å². The largest absolute Gasteiger partial charge is 0.444 e. The Bertz CT molecular complexity index is 795. The fourth-order valence-electron chi connectivity index (χ4n) is 3.89. The summed E-state index contributed by atoms with van der Waals surface area (Å²) >= 11 is 5.59. The van der Waals surface area contributed by atoms with Crippen molar-refractivity contribution in [1.29, 1.82) is 0 Å². The van der Waals surface area contributed by atoms with Gasteiger partial charge in [-0.2, -0.15) is 0 Å². The molecule has 168 valence electrons. The van der Waals surface area contributed by atoms with Crippen LogP contribution in [0.5, 0.6) is 0 Å². The van der Waals surface area contributed by atoms with Crippen molar-refractivity contribution in [3.63, 3.8) is 0 Å². The van der Waals surface area contributed by atoms with Crippen LogP contribution in [-0.4, -0.2) is 72.7 Å². The minimum atomic E-state index is -3.10. The molecule has 1 amide bonds. The molecule has 2 saturated heterocycles. The predicted molar refractivity (Wildman–Crippen MR) is 106 cm³/mol. The van der Waals surface area contributed by atoms with E-state index < -0.39 is 41.8 Å². The van der Waals surface area contributed by atoms with E-state index >= 15 is 0 Å². The average Bonchev–Trinajstić information content (AvgIpc) is 2.64. The number of piperazine rings is 1. The van der Waals surface area contributed by atoms with Crippen molar-refractivity contribution in [2.45, 2.75) is 44.8 Å². The molecular weight excluding hydrogens is 426 g/mol. The van der Waals surface area contributed by atoms with Gasteiger partial charge in [0.15, 0.2) is 11.6 Å². The number of alkyl halides is 2. The zero-order valence-electron chi connectivity index (χ0n) is 17.2. The van der Waals surface area contributed by atoms with Crippen molar-refractivity contribution in [2.75, 3.05) is 44.2 Å². The molecule has 2 aliphatic heterocycles. The number of anilines is 1. The monoisotopic (exact) mass is 451 g/mol. The van der Waals surface area contributed by atoms with Gasteiger partial charge in [-0.1, -0.05) is 11.6 Å². The summed E-state index contributed by atoms with van der Waals surface area (Å²) in [5.41, 5.74) is -0.682. The number of nitrogens with zero attached hydrogens (tertiary/aromatic N) is 3. The first kappa shape index (κ1) is 22.9. The van der Waals surface area contributed by atoms with Crippen molar-refractivity contribution in [2.24, 2.45) is 0 Å². The zero-order valence-corrected chi connectivity index (χ0v) is 18.0. The van der Waals surface area contributed by atoms with Crippen molar-refractivity contribution in [3.05, 3.63) is 28.8 Å². The quantitative estimate of drug-likeness (QED) is 0.493. The molecule has 1 atom stereocenters. The van der Waals surface area contributed by atoms with Crippen molar-refractivity contribution < 1.29 is 27.1 Å². The molecule has 1 aromatic carbocycles. The number of hydrogen-bond donors (Lipinski definition) is 0. The van der Waals surface area contributed by atoms with E-state index in [0.717, 1.165) is 4.90 Å². The van der Waals surface area contributed by atoms with Gasteiger partial charge in [-0.05, 0) is 39.3 Å². The van der Waals surface area contributed by atoms with E-state index in [0.29, 0.717) is 0 Å². The summed E-state index contributed by atoms with van der Waals surface area (Å²) < 4.78 is 62.8. The zero-order chi connectivity index (χ0) is 22.3. The van der Waals surface area contributed by atoms with E-state index in [4.69, 9.17) is 16.3 Å². The number of halogens is 5. The van der Waals surface area contributed by atoms with Crippen molar-refractivity contribution >= 4 is 23.4 Å². The molecule has 0 spiro atoms. The molecule has 30 heavy (non-hydrogen) atoms. The minimum absolute atomic E-state index is 0.0723. The first-order valence-corrected chi connectivity index (χ1v) is 10.2. The SMILES string of the molecule is CC(C)(C)OC(=O)N1CCC(N2CCN(c3ccc(Cl)c(F)c3F)CC2)C(F)(F)C1. The Labute approximate surface area is 178 Å². The van der Waals surface area contributed by atoms with Crippen LogP contribution in [-0.2, 0) is 4.74 Å². The van der Waals surface area contributed by atoms with Crippen LogP contribution < -0.4 is 4.90 Å². The minimum Gasteiger partial charge on any atom is -0.444 e. The van der Waals surface area contributed by atoms with Crippen LogP contribution in [0.15, 0.2) is 12.1 Å². The molecule has 0 radical (unpaired) electrons. The van der Waals surface area contributed by atoms with Crippen LogP contribution in [0.3, 0.4) is 0 Å². The summed E-state index contributed by atoms with van der Waals surface area (Å²) in [7, 11) is 0. The van der Waals surface area contributed by atoms with Gasteiger partial charge in [-0.15, -0.1) is 0 Å². The lowest BCUT2D eigenvalue weighted by atomic mass is 9.98. The van der Waals surface area contributed by atoms with E-state index in [1.54, 1.807) is 30.6 Å².